The van der Waals surface area contributed by atoms with E-state index in [9.17, 15) is 4.79 Å². The van der Waals surface area contributed by atoms with Crippen LogP contribution in [0.25, 0.3) is 12.2 Å². The Kier molecular flexibility index (Phi) is 3.89. The molecule has 0 amide bonds. The molecule has 90 valence electrons. The quantitative estimate of drug-likeness (QED) is 0.638. The standard InChI is InChI=1S/C15H14N2O/c16-17-14-8-4-7-13(11-15(14)18)10-9-12-5-2-1-3-6-12/h1-11H,16H2,(H,17,18)/b10-9-. The molecule has 0 heterocycles. The van der Waals surface area contributed by atoms with Gasteiger partial charge < -0.3 is 5.43 Å². The second kappa shape index (κ2) is 5.80. The summed E-state index contributed by atoms with van der Waals surface area (Å²) in [5.74, 6) is 5.25. The average Bonchev–Trinajstić information content (AvgIpc) is 2.59. The number of benzene rings is 1. The van der Waals surface area contributed by atoms with E-state index in [1.807, 2.05) is 48.6 Å². The predicted molar refractivity (Wildman–Crippen MR) is 75.9 cm³/mol. The van der Waals surface area contributed by atoms with E-state index in [0.717, 1.165) is 11.1 Å². The van der Waals surface area contributed by atoms with Crippen molar-refractivity contribution in [3.8, 4) is 0 Å². The molecule has 2 rings (SSSR count). The molecular formula is C15H14N2O. The van der Waals surface area contributed by atoms with Crippen LogP contribution in [-0.4, -0.2) is 0 Å². The number of hydrogen-bond donors (Lipinski definition) is 2. The summed E-state index contributed by atoms with van der Waals surface area (Å²) in [6.07, 6.45) is 3.86. The van der Waals surface area contributed by atoms with Crippen molar-refractivity contribution in [3.63, 3.8) is 0 Å². The van der Waals surface area contributed by atoms with E-state index in [1.54, 1.807) is 18.2 Å². The molecule has 18 heavy (non-hydrogen) atoms. The van der Waals surface area contributed by atoms with Crippen molar-refractivity contribution in [2.24, 2.45) is 5.84 Å². The van der Waals surface area contributed by atoms with Gasteiger partial charge in [0.05, 0.1) is 5.69 Å². The molecule has 0 aromatic heterocycles. The van der Waals surface area contributed by atoms with E-state index in [4.69, 9.17) is 5.84 Å². The van der Waals surface area contributed by atoms with Crippen molar-refractivity contribution < 1.29 is 0 Å². The van der Waals surface area contributed by atoms with Gasteiger partial charge in [-0.3, -0.25) is 10.6 Å². The highest BCUT2D eigenvalue weighted by Gasteiger charge is 1.94. The molecule has 2 aromatic carbocycles. The first kappa shape index (κ1) is 12.1. The van der Waals surface area contributed by atoms with Crippen molar-refractivity contribution in [2.45, 2.75) is 0 Å². The molecule has 0 atom stereocenters. The molecule has 2 aromatic rings. The highest BCUT2D eigenvalue weighted by atomic mass is 16.1. The first-order valence-electron chi connectivity index (χ1n) is 5.64. The molecule has 0 bridgehead atoms. The van der Waals surface area contributed by atoms with Crippen LogP contribution >= 0.6 is 0 Å². The van der Waals surface area contributed by atoms with Gasteiger partial charge in [-0.2, -0.15) is 0 Å². The molecule has 0 spiro atoms. The average molecular weight is 238 g/mol. The van der Waals surface area contributed by atoms with Crippen LogP contribution in [0.4, 0.5) is 5.69 Å². The Morgan fingerprint density at radius 3 is 2.28 bits per heavy atom. The minimum Gasteiger partial charge on any atom is -0.321 e. The van der Waals surface area contributed by atoms with Gasteiger partial charge in [0.1, 0.15) is 0 Å². The van der Waals surface area contributed by atoms with Crippen LogP contribution in [0.5, 0.6) is 0 Å². The Bertz CT molecular complexity index is 606. The van der Waals surface area contributed by atoms with Gasteiger partial charge in [0.25, 0.3) is 0 Å². The second-order valence-electron chi connectivity index (χ2n) is 3.84. The predicted octanol–water partition coefficient (Wildman–Crippen LogP) is 2.50. The maximum atomic E-state index is 11.7. The number of nitrogen functional groups attached to an aromatic ring is 1. The lowest BCUT2D eigenvalue weighted by Gasteiger charge is -1.91. The minimum absolute atomic E-state index is 0.129. The molecule has 0 saturated heterocycles. The first-order chi connectivity index (χ1) is 8.79. The van der Waals surface area contributed by atoms with Crippen LogP contribution in [0.1, 0.15) is 11.1 Å². The molecule has 3 N–H and O–H groups in total. The summed E-state index contributed by atoms with van der Waals surface area (Å²) in [6.45, 7) is 0. The van der Waals surface area contributed by atoms with Gasteiger partial charge in [-0.25, -0.2) is 0 Å². The zero-order valence-corrected chi connectivity index (χ0v) is 9.84. The Morgan fingerprint density at radius 1 is 0.889 bits per heavy atom. The smallest absolute Gasteiger partial charge is 0.203 e. The van der Waals surface area contributed by atoms with Crippen LogP contribution < -0.4 is 16.7 Å². The summed E-state index contributed by atoms with van der Waals surface area (Å²) in [4.78, 5) is 11.7. The Morgan fingerprint density at radius 2 is 1.56 bits per heavy atom. The third-order valence-electron chi connectivity index (χ3n) is 2.54. The van der Waals surface area contributed by atoms with E-state index in [1.165, 1.54) is 0 Å². The number of rotatable bonds is 3. The Hall–Kier alpha value is -2.39. The largest absolute Gasteiger partial charge is 0.321 e. The molecule has 0 aliphatic heterocycles. The Balaban J connectivity index is 2.31. The van der Waals surface area contributed by atoms with Crippen LogP contribution in [0, 0.1) is 0 Å². The van der Waals surface area contributed by atoms with Gasteiger partial charge in [-0.15, -0.1) is 0 Å². The molecule has 0 aliphatic carbocycles. The zero-order chi connectivity index (χ0) is 12.8. The highest BCUT2D eigenvalue weighted by Crippen LogP contribution is 2.07. The third kappa shape index (κ3) is 3.06. The molecule has 0 radical (unpaired) electrons. The maximum absolute atomic E-state index is 11.7. The number of nitrogens with two attached hydrogens (primary N) is 1. The molecule has 3 nitrogen and oxygen atoms in total. The fourth-order valence-corrected chi connectivity index (χ4v) is 1.59. The van der Waals surface area contributed by atoms with Crippen LogP contribution in [0.3, 0.4) is 0 Å². The lowest BCUT2D eigenvalue weighted by Crippen LogP contribution is -2.14. The van der Waals surface area contributed by atoms with Crippen molar-refractivity contribution in [1.29, 1.82) is 0 Å². The van der Waals surface area contributed by atoms with Crippen molar-refractivity contribution in [1.82, 2.24) is 0 Å². The van der Waals surface area contributed by atoms with Crippen LogP contribution in [-0.2, 0) is 0 Å². The highest BCUT2D eigenvalue weighted by molar-refractivity contribution is 5.69. The van der Waals surface area contributed by atoms with Crippen LogP contribution in [0.2, 0.25) is 0 Å². The summed E-state index contributed by atoms with van der Waals surface area (Å²) in [6, 6.07) is 16.8. The van der Waals surface area contributed by atoms with E-state index in [0.29, 0.717) is 5.69 Å². The summed E-state index contributed by atoms with van der Waals surface area (Å²) < 4.78 is 0. The molecule has 3 heteroatoms. The summed E-state index contributed by atoms with van der Waals surface area (Å²) in [7, 11) is 0. The first-order valence-corrected chi connectivity index (χ1v) is 5.64. The van der Waals surface area contributed by atoms with Gasteiger partial charge in [0.15, 0.2) is 0 Å². The number of anilines is 1. The second-order valence-corrected chi connectivity index (χ2v) is 3.84. The molecule has 0 saturated carbocycles. The fraction of sp³-hybridized carbons (Fsp3) is 0. The summed E-state index contributed by atoms with van der Waals surface area (Å²) in [5.41, 5.74) is 4.56. The van der Waals surface area contributed by atoms with Crippen molar-refractivity contribution >= 4 is 17.8 Å². The van der Waals surface area contributed by atoms with E-state index in [-0.39, 0.29) is 5.43 Å². The topological polar surface area (TPSA) is 55.1 Å². The summed E-state index contributed by atoms with van der Waals surface area (Å²) >= 11 is 0. The monoisotopic (exact) mass is 238 g/mol. The number of hydrazine groups is 1. The van der Waals surface area contributed by atoms with E-state index >= 15 is 0 Å². The number of hydrogen-bond acceptors (Lipinski definition) is 3. The van der Waals surface area contributed by atoms with E-state index < -0.39 is 0 Å². The maximum Gasteiger partial charge on any atom is 0.203 e. The zero-order valence-electron chi connectivity index (χ0n) is 9.84. The van der Waals surface area contributed by atoms with Crippen molar-refractivity contribution in [3.05, 3.63) is 75.9 Å². The minimum atomic E-state index is -0.129. The van der Waals surface area contributed by atoms with Gasteiger partial charge in [0, 0.05) is 0 Å². The van der Waals surface area contributed by atoms with Crippen molar-refractivity contribution in [2.75, 3.05) is 5.43 Å². The Labute approximate surface area is 106 Å². The fourth-order valence-electron chi connectivity index (χ4n) is 1.59. The molecule has 0 unspecified atom stereocenters. The molecule has 0 aliphatic rings. The van der Waals surface area contributed by atoms with E-state index in [2.05, 4.69) is 5.43 Å². The molecular weight excluding hydrogens is 224 g/mol. The van der Waals surface area contributed by atoms with Gasteiger partial charge in [-0.1, -0.05) is 54.6 Å². The van der Waals surface area contributed by atoms with Gasteiger partial charge in [0.2, 0.25) is 5.43 Å². The van der Waals surface area contributed by atoms with Crippen LogP contribution in [0.15, 0.2) is 59.4 Å². The summed E-state index contributed by atoms with van der Waals surface area (Å²) in [5, 5.41) is 0. The molecule has 0 fully saturated rings. The lowest BCUT2D eigenvalue weighted by molar-refractivity contribution is 1.34. The van der Waals surface area contributed by atoms with Gasteiger partial charge >= 0.3 is 0 Å². The van der Waals surface area contributed by atoms with Gasteiger partial charge in [-0.05, 0) is 23.3 Å². The lowest BCUT2D eigenvalue weighted by atomic mass is 10.2. The SMILES string of the molecule is NNc1cccc(/C=C\c2ccccc2)cc1=O. The number of nitrogens with one attached hydrogen (secondary N) is 1. The normalized spacial score (nSPS) is 10.5. The third-order valence-corrected chi connectivity index (χ3v) is 2.54.